The summed E-state index contributed by atoms with van der Waals surface area (Å²) < 4.78 is 5.44. The number of hydrogen-bond acceptors (Lipinski definition) is 4. The molecule has 4 nitrogen and oxygen atoms in total. The van der Waals surface area contributed by atoms with E-state index in [1.165, 1.54) is 44.9 Å². The maximum Gasteiger partial charge on any atom is 0.306 e. The van der Waals surface area contributed by atoms with Crippen LogP contribution in [0.3, 0.4) is 0 Å². The van der Waals surface area contributed by atoms with Crippen molar-refractivity contribution in [3.63, 3.8) is 0 Å². The van der Waals surface area contributed by atoms with E-state index in [4.69, 9.17) is 4.74 Å². The molecule has 1 saturated heterocycles. The van der Waals surface area contributed by atoms with E-state index in [-0.39, 0.29) is 12.1 Å². The smallest absolute Gasteiger partial charge is 0.306 e. The summed E-state index contributed by atoms with van der Waals surface area (Å²) in [4.78, 5) is 14.0. The molecule has 1 N–H and O–H groups in total. The van der Waals surface area contributed by atoms with E-state index in [1.807, 2.05) is 7.05 Å². The summed E-state index contributed by atoms with van der Waals surface area (Å²) in [6.45, 7) is 3.70. The molecule has 1 fully saturated rings. The van der Waals surface area contributed by atoms with Crippen molar-refractivity contribution in [3.05, 3.63) is 24.3 Å². The van der Waals surface area contributed by atoms with Gasteiger partial charge >= 0.3 is 5.97 Å². The van der Waals surface area contributed by atoms with Crippen molar-refractivity contribution in [1.29, 1.82) is 0 Å². The second kappa shape index (κ2) is 16.8. The molecule has 0 saturated carbocycles. The van der Waals surface area contributed by atoms with Crippen LogP contribution in [0.25, 0.3) is 0 Å². The average molecular weight is 394 g/mol. The lowest BCUT2D eigenvalue weighted by Gasteiger charge is -2.33. The number of β-amino-alcohol motifs (C(OH)–C–C–N with tert-alkyl or cyclic N) is 1. The second-order valence-electron chi connectivity index (χ2n) is 8.13. The third kappa shape index (κ3) is 13.1. The fourth-order valence-corrected chi connectivity index (χ4v) is 3.51. The highest BCUT2D eigenvalue weighted by molar-refractivity contribution is 5.69. The van der Waals surface area contributed by atoms with E-state index in [9.17, 15) is 9.90 Å². The van der Waals surface area contributed by atoms with Crippen LogP contribution in [0.2, 0.25) is 0 Å². The molecule has 0 aromatic carbocycles. The zero-order valence-electron chi connectivity index (χ0n) is 18.3. The lowest BCUT2D eigenvalue weighted by molar-refractivity contribution is -0.159. The number of aliphatic hydroxyl groups is 1. The highest BCUT2D eigenvalue weighted by atomic mass is 16.6. The molecule has 0 aromatic heterocycles. The SMILES string of the molecule is CCCCCC=CCC=CCCCCCCCC(=O)OC1CCN(C)CC1O. The van der Waals surface area contributed by atoms with Crippen molar-refractivity contribution in [2.45, 2.75) is 103 Å². The van der Waals surface area contributed by atoms with Gasteiger partial charge in [-0.05, 0) is 52.0 Å². The molecule has 1 heterocycles. The van der Waals surface area contributed by atoms with Crippen LogP contribution in [-0.2, 0) is 9.53 Å². The van der Waals surface area contributed by atoms with Crippen molar-refractivity contribution in [2.75, 3.05) is 20.1 Å². The molecular weight excluding hydrogens is 350 g/mol. The van der Waals surface area contributed by atoms with Gasteiger partial charge in [0.15, 0.2) is 0 Å². The van der Waals surface area contributed by atoms with Gasteiger partial charge in [0.05, 0.1) is 0 Å². The number of likely N-dealkylation sites (tertiary alicyclic amines) is 1. The molecule has 0 radical (unpaired) electrons. The quantitative estimate of drug-likeness (QED) is 0.230. The van der Waals surface area contributed by atoms with E-state index in [0.29, 0.717) is 13.0 Å². The number of esters is 1. The molecule has 4 heteroatoms. The number of unbranched alkanes of at least 4 members (excludes halogenated alkanes) is 8. The van der Waals surface area contributed by atoms with Gasteiger partial charge in [-0.2, -0.15) is 0 Å². The molecule has 1 aliphatic heterocycles. The molecule has 0 bridgehead atoms. The van der Waals surface area contributed by atoms with Gasteiger partial charge in [0, 0.05) is 19.5 Å². The zero-order valence-corrected chi connectivity index (χ0v) is 18.3. The highest BCUT2D eigenvalue weighted by Gasteiger charge is 2.28. The summed E-state index contributed by atoms with van der Waals surface area (Å²) in [5.74, 6) is -0.153. The Morgan fingerprint density at radius 2 is 1.64 bits per heavy atom. The van der Waals surface area contributed by atoms with Crippen molar-refractivity contribution < 1.29 is 14.6 Å². The van der Waals surface area contributed by atoms with Crippen molar-refractivity contribution in [3.8, 4) is 0 Å². The van der Waals surface area contributed by atoms with E-state index in [1.54, 1.807) is 0 Å². The Bertz CT molecular complexity index is 447. The molecule has 2 atom stereocenters. The van der Waals surface area contributed by atoms with Gasteiger partial charge in [0.2, 0.25) is 0 Å². The topological polar surface area (TPSA) is 49.8 Å². The van der Waals surface area contributed by atoms with Crippen LogP contribution >= 0.6 is 0 Å². The van der Waals surface area contributed by atoms with Gasteiger partial charge in [0.1, 0.15) is 12.2 Å². The normalized spacial score (nSPS) is 21.0. The first-order valence-corrected chi connectivity index (χ1v) is 11.5. The van der Waals surface area contributed by atoms with Crippen LogP contribution in [0.5, 0.6) is 0 Å². The maximum atomic E-state index is 11.9. The summed E-state index contributed by atoms with van der Waals surface area (Å²) >= 11 is 0. The molecule has 0 aromatic rings. The Morgan fingerprint density at radius 1 is 1.00 bits per heavy atom. The Hall–Kier alpha value is -1.13. The summed E-state index contributed by atoms with van der Waals surface area (Å²) in [5, 5.41) is 9.96. The van der Waals surface area contributed by atoms with Crippen molar-refractivity contribution >= 4 is 5.97 Å². The minimum atomic E-state index is -0.549. The van der Waals surface area contributed by atoms with E-state index < -0.39 is 6.10 Å². The van der Waals surface area contributed by atoms with E-state index in [2.05, 4.69) is 36.1 Å². The lowest BCUT2D eigenvalue weighted by Crippen LogP contribution is -2.46. The minimum absolute atomic E-state index is 0.153. The van der Waals surface area contributed by atoms with Crippen LogP contribution in [0.15, 0.2) is 24.3 Å². The molecule has 0 amide bonds. The number of piperidine rings is 1. The van der Waals surface area contributed by atoms with Gasteiger partial charge in [-0.3, -0.25) is 4.79 Å². The standard InChI is InChI=1S/C24H43NO3/c1-3-4-5-6-7-8-9-10-11-12-13-14-15-16-17-18-24(27)28-23-19-20-25(2)21-22(23)26/h7-8,10-11,22-23,26H,3-6,9,12-21H2,1-2H3. The third-order valence-electron chi connectivity index (χ3n) is 5.34. The molecule has 0 aliphatic carbocycles. The fraction of sp³-hybridized carbons (Fsp3) is 0.792. The first-order valence-electron chi connectivity index (χ1n) is 11.5. The number of hydrogen-bond donors (Lipinski definition) is 1. The first-order chi connectivity index (χ1) is 13.6. The van der Waals surface area contributed by atoms with Crippen LogP contribution in [0.1, 0.15) is 90.4 Å². The summed E-state index contributed by atoms with van der Waals surface area (Å²) in [6, 6.07) is 0. The predicted molar refractivity (Wildman–Crippen MR) is 117 cm³/mol. The molecule has 2 unspecified atom stereocenters. The maximum absolute atomic E-state index is 11.9. The number of rotatable bonds is 15. The molecular formula is C24H43NO3. The van der Waals surface area contributed by atoms with Crippen LogP contribution < -0.4 is 0 Å². The number of nitrogens with zero attached hydrogens (tertiary/aromatic N) is 1. The fourth-order valence-electron chi connectivity index (χ4n) is 3.51. The van der Waals surface area contributed by atoms with Gasteiger partial charge in [0.25, 0.3) is 0 Å². The number of carbonyl (C=O) groups is 1. The Balaban J connectivity index is 1.89. The van der Waals surface area contributed by atoms with Gasteiger partial charge in [-0.1, -0.05) is 63.3 Å². The molecule has 162 valence electrons. The molecule has 1 rings (SSSR count). The zero-order chi connectivity index (χ0) is 20.5. The van der Waals surface area contributed by atoms with Crippen molar-refractivity contribution in [2.24, 2.45) is 0 Å². The number of likely N-dealkylation sites (N-methyl/N-ethyl adjacent to an activating group) is 1. The van der Waals surface area contributed by atoms with Gasteiger partial charge in [-0.15, -0.1) is 0 Å². The van der Waals surface area contributed by atoms with E-state index in [0.717, 1.165) is 38.6 Å². The van der Waals surface area contributed by atoms with Crippen molar-refractivity contribution in [1.82, 2.24) is 4.90 Å². The number of allylic oxidation sites excluding steroid dienone is 4. The largest absolute Gasteiger partial charge is 0.459 e. The summed E-state index contributed by atoms with van der Waals surface area (Å²) in [5.41, 5.74) is 0. The number of ether oxygens (including phenoxy) is 1. The summed E-state index contributed by atoms with van der Waals surface area (Å²) in [6.07, 6.45) is 22.4. The summed E-state index contributed by atoms with van der Waals surface area (Å²) in [7, 11) is 1.98. The average Bonchev–Trinajstić information content (AvgIpc) is 2.67. The minimum Gasteiger partial charge on any atom is -0.459 e. The number of aliphatic hydroxyl groups excluding tert-OH is 1. The van der Waals surface area contributed by atoms with Gasteiger partial charge in [-0.25, -0.2) is 0 Å². The molecule has 0 spiro atoms. The Labute approximate surface area is 173 Å². The van der Waals surface area contributed by atoms with Crippen LogP contribution in [0, 0.1) is 0 Å². The Morgan fingerprint density at radius 3 is 2.32 bits per heavy atom. The number of carbonyl (C=O) groups excluding carboxylic acids is 1. The predicted octanol–water partition coefficient (Wildman–Crippen LogP) is 5.41. The van der Waals surface area contributed by atoms with E-state index >= 15 is 0 Å². The Kier molecular flexibility index (Phi) is 14.9. The van der Waals surface area contributed by atoms with Crippen LogP contribution in [0.4, 0.5) is 0 Å². The molecule has 28 heavy (non-hydrogen) atoms. The third-order valence-corrected chi connectivity index (χ3v) is 5.34. The van der Waals surface area contributed by atoms with Crippen LogP contribution in [-0.4, -0.2) is 48.3 Å². The highest BCUT2D eigenvalue weighted by Crippen LogP contribution is 2.15. The lowest BCUT2D eigenvalue weighted by atomic mass is 10.1. The van der Waals surface area contributed by atoms with Gasteiger partial charge < -0.3 is 14.7 Å². The monoisotopic (exact) mass is 393 g/mol. The first kappa shape index (κ1) is 24.9. The second-order valence-corrected chi connectivity index (χ2v) is 8.13. The molecule has 1 aliphatic rings.